The number of nitrogens with zero attached hydrogens (tertiary/aromatic N) is 2. The largest absolute Gasteiger partial charge is 0.496 e. The Hall–Kier alpha value is -1.77. The van der Waals surface area contributed by atoms with Crippen LogP contribution in [-0.2, 0) is 11.3 Å². The molecule has 0 radical (unpaired) electrons. The zero-order valence-corrected chi connectivity index (χ0v) is 11.6. The fourth-order valence-electron chi connectivity index (χ4n) is 1.83. The third-order valence-electron chi connectivity index (χ3n) is 2.86. The molecule has 0 aliphatic heterocycles. The molecule has 1 rings (SSSR count). The summed E-state index contributed by atoms with van der Waals surface area (Å²) in [6.45, 7) is 2.86. The third kappa shape index (κ3) is 5.16. The number of hydrogen-bond acceptors (Lipinski definition) is 5. The van der Waals surface area contributed by atoms with Gasteiger partial charge in [-0.3, -0.25) is 4.90 Å². The van der Waals surface area contributed by atoms with Crippen LogP contribution in [0.5, 0.6) is 5.75 Å². The molecule has 0 bridgehead atoms. The van der Waals surface area contributed by atoms with E-state index in [1.54, 1.807) is 14.2 Å². The van der Waals surface area contributed by atoms with Crippen LogP contribution in [0.1, 0.15) is 12.0 Å². The highest BCUT2D eigenvalue weighted by molar-refractivity contribution is 5.48. The number of methoxy groups -OCH3 is 2. The van der Waals surface area contributed by atoms with Crippen LogP contribution < -0.4 is 10.5 Å². The molecule has 0 aromatic heterocycles. The van der Waals surface area contributed by atoms with E-state index in [0.29, 0.717) is 31.8 Å². The van der Waals surface area contributed by atoms with Gasteiger partial charge in [0.05, 0.1) is 19.8 Å². The molecule has 0 spiro atoms. The SMILES string of the molecule is COCCN(CCC#N)Cc1ccc(N)cc1OC. The van der Waals surface area contributed by atoms with E-state index in [0.717, 1.165) is 17.9 Å². The van der Waals surface area contributed by atoms with Crippen molar-refractivity contribution in [3.8, 4) is 11.8 Å². The third-order valence-corrected chi connectivity index (χ3v) is 2.86. The van der Waals surface area contributed by atoms with E-state index in [1.807, 2.05) is 18.2 Å². The quantitative estimate of drug-likeness (QED) is 0.722. The second-order valence-electron chi connectivity index (χ2n) is 4.25. The number of nitriles is 1. The minimum absolute atomic E-state index is 0.501. The van der Waals surface area contributed by atoms with E-state index >= 15 is 0 Å². The first-order chi connectivity index (χ1) is 9.21. The Kier molecular flexibility index (Phi) is 6.72. The molecule has 0 aliphatic carbocycles. The molecule has 5 nitrogen and oxygen atoms in total. The van der Waals surface area contributed by atoms with Crippen molar-refractivity contribution in [2.24, 2.45) is 0 Å². The second-order valence-corrected chi connectivity index (χ2v) is 4.25. The first-order valence-electron chi connectivity index (χ1n) is 6.22. The highest BCUT2D eigenvalue weighted by atomic mass is 16.5. The summed E-state index contributed by atoms with van der Waals surface area (Å²) in [6, 6.07) is 7.79. The summed E-state index contributed by atoms with van der Waals surface area (Å²) in [5, 5.41) is 8.69. The van der Waals surface area contributed by atoms with Gasteiger partial charge < -0.3 is 15.2 Å². The second kappa shape index (κ2) is 8.35. The van der Waals surface area contributed by atoms with Crippen LogP contribution in [0.3, 0.4) is 0 Å². The van der Waals surface area contributed by atoms with Crippen molar-refractivity contribution >= 4 is 5.69 Å². The molecule has 0 fully saturated rings. The summed E-state index contributed by atoms with van der Waals surface area (Å²) in [4.78, 5) is 2.17. The number of anilines is 1. The van der Waals surface area contributed by atoms with Crippen molar-refractivity contribution in [3.63, 3.8) is 0 Å². The highest BCUT2D eigenvalue weighted by Gasteiger charge is 2.10. The number of ether oxygens (including phenoxy) is 2. The van der Waals surface area contributed by atoms with Gasteiger partial charge in [-0.15, -0.1) is 0 Å². The fraction of sp³-hybridized carbons (Fsp3) is 0.500. The molecule has 5 heteroatoms. The fourth-order valence-corrected chi connectivity index (χ4v) is 1.83. The first kappa shape index (κ1) is 15.3. The van der Waals surface area contributed by atoms with Gasteiger partial charge in [0.2, 0.25) is 0 Å². The van der Waals surface area contributed by atoms with Gasteiger partial charge in [0, 0.05) is 50.5 Å². The molecule has 1 aromatic carbocycles. The maximum absolute atomic E-state index is 8.69. The van der Waals surface area contributed by atoms with Gasteiger partial charge in [-0.2, -0.15) is 5.26 Å². The van der Waals surface area contributed by atoms with Crippen LogP contribution in [0.15, 0.2) is 18.2 Å². The molecule has 104 valence electrons. The highest BCUT2D eigenvalue weighted by Crippen LogP contribution is 2.22. The van der Waals surface area contributed by atoms with Gasteiger partial charge in [0.25, 0.3) is 0 Å². The predicted octanol–water partition coefficient (Wildman–Crippen LogP) is 1.64. The van der Waals surface area contributed by atoms with Crippen LogP contribution in [0.4, 0.5) is 5.69 Å². The van der Waals surface area contributed by atoms with E-state index in [4.69, 9.17) is 20.5 Å². The van der Waals surface area contributed by atoms with Gasteiger partial charge in [-0.05, 0) is 6.07 Å². The Labute approximate surface area is 114 Å². The maximum atomic E-state index is 8.69. The molecule has 0 unspecified atom stereocenters. The van der Waals surface area contributed by atoms with E-state index in [1.165, 1.54) is 0 Å². The van der Waals surface area contributed by atoms with Crippen LogP contribution >= 0.6 is 0 Å². The standard InChI is InChI=1S/C14H21N3O2/c1-18-9-8-17(7-3-6-15)11-12-4-5-13(16)10-14(12)19-2/h4-5,10H,3,7-9,11,16H2,1-2H3. The Balaban J connectivity index is 2.74. The number of hydrogen-bond donors (Lipinski definition) is 1. The van der Waals surface area contributed by atoms with Crippen LogP contribution in [0.25, 0.3) is 0 Å². The maximum Gasteiger partial charge on any atom is 0.125 e. The van der Waals surface area contributed by atoms with Crippen molar-refractivity contribution in [3.05, 3.63) is 23.8 Å². The number of rotatable bonds is 8. The Morgan fingerprint density at radius 3 is 2.74 bits per heavy atom. The lowest BCUT2D eigenvalue weighted by molar-refractivity contribution is 0.145. The van der Waals surface area contributed by atoms with Gasteiger partial charge in [-0.25, -0.2) is 0 Å². The van der Waals surface area contributed by atoms with Gasteiger partial charge >= 0.3 is 0 Å². The van der Waals surface area contributed by atoms with Crippen molar-refractivity contribution in [1.82, 2.24) is 4.90 Å². The molecule has 2 N–H and O–H groups in total. The molecule has 0 saturated heterocycles. The summed E-state index contributed by atoms with van der Waals surface area (Å²) in [5.74, 6) is 0.777. The minimum Gasteiger partial charge on any atom is -0.496 e. The lowest BCUT2D eigenvalue weighted by atomic mass is 10.1. The summed E-state index contributed by atoms with van der Waals surface area (Å²) in [5.41, 5.74) is 7.48. The molecule has 19 heavy (non-hydrogen) atoms. The molecular weight excluding hydrogens is 242 g/mol. The Morgan fingerprint density at radius 2 is 2.11 bits per heavy atom. The van der Waals surface area contributed by atoms with Gasteiger partial charge in [0.1, 0.15) is 5.75 Å². The Bertz CT molecular complexity index is 429. The normalized spacial score (nSPS) is 10.4. The summed E-state index contributed by atoms with van der Waals surface area (Å²) < 4.78 is 10.4. The zero-order valence-electron chi connectivity index (χ0n) is 11.6. The summed E-state index contributed by atoms with van der Waals surface area (Å²) in [6.07, 6.45) is 0.501. The van der Waals surface area contributed by atoms with Crippen LogP contribution in [0.2, 0.25) is 0 Å². The average Bonchev–Trinajstić information content (AvgIpc) is 2.43. The Morgan fingerprint density at radius 1 is 1.32 bits per heavy atom. The smallest absolute Gasteiger partial charge is 0.125 e. The van der Waals surface area contributed by atoms with Crippen molar-refractivity contribution in [2.45, 2.75) is 13.0 Å². The van der Waals surface area contributed by atoms with Gasteiger partial charge in [0.15, 0.2) is 0 Å². The number of nitrogens with two attached hydrogens (primary N) is 1. The van der Waals surface area contributed by atoms with Crippen molar-refractivity contribution < 1.29 is 9.47 Å². The van der Waals surface area contributed by atoms with Crippen LogP contribution in [-0.4, -0.2) is 38.8 Å². The molecule has 1 aromatic rings. The zero-order chi connectivity index (χ0) is 14.1. The molecule has 0 heterocycles. The van der Waals surface area contributed by atoms with E-state index in [-0.39, 0.29) is 0 Å². The lowest BCUT2D eigenvalue weighted by Crippen LogP contribution is -2.28. The topological polar surface area (TPSA) is 71.5 Å². The van der Waals surface area contributed by atoms with Crippen molar-refractivity contribution in [1.29, 1.82) is 5.26 Å². The van der Waals surface area contributed by atoms with E-state index in [2.05, 4.69) is 11.0 Å². The number of benzene rings is 1. The summed E-state index contributed by atoms with van der Waals surface area (Å²) in [7, 11) is 3.30. The lowest BCUT2D eigenvalue weighted by Gasteiger charge is -2.22. The molecular formula is C14H21N3O2. The molecule has 0 atom stereocenters. The number of nitrogen functional groups attached to an aromatic ring is 1. The minimum atomic E-state index is 0.501. The van der Waals surface area contributed by atoms with Crippen molar-refractivity contribution in [2.75, 3.05) is 39.6 Å². The molecule has 0 saturated carbocycles. The van der Waals surface area contributed by atoms with Crippen LogP contribution in [0, 0.1) is 11.3 Å². The van der Waals surface area contributed by atoms with E-state index < -0.39 is 0 Å². The first-order valence-corrected chi connectivity index (χ1v) is 6.22. The van der Waals surface area contributed by atoms with Gasteiger partial charge in [-0.1, -0.05) is 6.07 Å². The predicted molar refractivity (Wildman–Crippen MR) is 74.8 cm³/mol. The summed E-state index contributed by atoms with van der Waals surface area (Å²) >= 11 is 0. The average molecular weight is 263 g/mol. The monoisotopic (exact) mass is 263 g/mol. The molecule has 0 amide bonds. The molecule has 0 aliphatic rings. The van der Waals surface area contributed by atoms with E-state index in [9.17, 15) is 0 Å².